The summed E-state index contributed by atoms with van der Waals surface area (Å²) < 4.78 is 27.6. The molecule has 0 aromatic carbocycles. The molecule has 0 saturated heterocycles. The second kappa shape index (κ2) is 4.93. The van der Waals surface area contributed by atoms with Gasteiger partial charge < -0.3 is 10.5 Å². The number of hydrogen-bond donors (Lipinski definition) is 1. The van der Waals surface area contributed by atoms with Crippen molar-refractivity contribution in [2.24, 2.45) is 5.73 Å². The molecule has 0 rings (SSSR count). The van der Waals surface area contributed by atoms with Crippen LogP contribution in [0.2, 0.25) is 0 Å². The van der Waals surface area contributed by atoms with E-state index in [9.17, 15) is 8.42 Å². The molecule has 0 aliphatic carbocycles. The van der Waals surface area contributed by atoms with E-state index in [1.165, 1.54) is 0 Å². The van der Waals surface area contributed by atoms with Crippen LogP contribution in [0.1, 0.15) is 20.8 Å². The predicted molar refractivity (Wildman–Crippen MR) is 53.4 cm³/mol. The molecule has 13 heavy (non-hydrogen) atoms. The Morgan fingerprint density at radius 3 is 2.15 bits per heavy atom. The van der Waals surface area contributed by atoms with E-state index in [0.717, 1.165) is 0 Å². The average molecular weight is 209 g/mol. The fraction of sp³-hybridized carbons (Fsp3) is 1.00. The van der Waals surface area contributed by atoms with Crippen molar-refractivity contribution in [3.8, 4) is 0 Å². The van der Waals surface area contributed by atoms with Gasteiger partial charge in [-0.25, -0.2) is 8.42 Å². The summed E-state index contributed by atoms with van der Waals surface area (Å²) in [4.78, 5) is 0. The van der Waals surface area contributed by atoms with E-state index in [1.807, 2.05) is 20.8 Å². The van der Waals surface area contributed by atoms with E-state index in [4.69, 9.17) is 10.5 Å². The Morgan fingerprint density at radius 1 is 1.23 bits per heavy atom. The second-order valence-corrected chi connectivity index (χ2v) is 6.20. The van der Waals surface area contributed by atoms with E-state index < -0.39 is 9.84 Å². The molecule has 0 amide bonds. The zero-order valence-corrected chi connectivity index (χ0v) is 9.36. The molecular formula is C8H19NO3S. The number of nitrogens with two attached hydrogens (primary N) is 1. The van der Waals surface area contributed by atoms with Gasteiger partial charge in [0.15, 0.2) is 9.84 Å². The van der Waals surface area contributed by atoms with Crippen LogP contribution in [0, 0.1) is 0 Å². The molecule has 0 atom stereocenters. The summed E-state index contributed by atoms with van der Waals surface area (Å²) in [6.45, 7) is 6.09. The highest BCUT2D eigenvalue weighted by molar-refractivity contribution is 7.91. The highest BCUT2D eigenvalue weighted by atomic mass is 32.2. The first-order chi connectivity index (χ1) is 5.77. The first kappa shape index (κ1) is 12.9. The van der Waals surface area contributed by atoms with Crippen LogP contribution in [-0.2, 0) is 14.6 Å². The quantitative estimate of drug-likeness (QED) is 0.701. The van der Waals surface area contributed by atoms with Crippen molar-refractivity contribution < 1.29 is 13.2 Å². The van der Waals surface area contributed by atoms with Gasteiger partial charge in [-0.2, -0.15) is 0 Å². The Bertz CT molecular complexity index is 228. The molecule has 0 saturated carbocycles. The predicted octanol–water partition coefficient (Wildman–Crippen LogP) is 0.175. The minimum Gasteiger partial charge on any atom is -0.375 e. The molecule has 0 bridgehead atoms. The molecule has 0 fully saturated rings. The normalized spacial score (nSPS) is 13.2. The smallest absolute Gasteiger partial charge is 0.153 e. The van der Waals surface area contributed by atoms with E-state index in [2.05, 4.69) is 0 Å². The molecule has 2 N–H and O–H groups in total. The third-order valence-electron chi connectivity index (χ3n) is 1.36. The lowest BCUT2D eigenvalue weighted by Gasteiger charge is -2.19. The lowest BCUT2D eigenvalue weighted by Crippen LogP contribution is -2.26. The molecule has 0 spiro atoms. The van der Waals surface area contributed by atoms with Crippen molar-refractivity contribution in [2.75, 3.05) is 24.7 Å². The van der Waals surface area contributed by atoms with Gasteiger partial charge in [0.25, 0.3) is 0 Å². The average Bonchev–Trinajstić information content (AvgIpc) is 1.82. The van der Waals surface area contributed by atoms with Gasteiger partial charge in [0.2, 0.25) is 0 Å². The van der Waals surface area contributed by atoms with Gasteiger partial charge in [0.05, 0.1) is 23.7 Å². The standard InChI is InChI=1S/C8H19NO3S/c1-8(2,3)12-5-7-13(10,11)6-4-9/h4-7,9H2,1-3H3. The Balaban J connectivity index is 3.77. The summed E-state index contributed by atoms with van der Waals surface area (Å²) in [7, 11) is -3.00. The number of hydrogen-bond acceptors (Lipinski definition) is 4. The van der Waals surface area contributed by atoms with Crippen molar-refractivity contribution in [1.82, 2.24) is 0 Å². The van der Waals surface area contributed by atoms with Crippen LogP contribution in [0.15, 0.2) is 0 Å². The van der Waals surface area contributed by atoms with E-state index >= 15 is 0 Å². The second-order valence-electron chi connectivity index (χ2n) is 3.90. The lowest BCUT2D eigenvalue weighted by atomic mass is 10.2. The maximum absolute atomic E-state index is 11.2. The Labute approximate surface area is 80.4 Å². The maximum Gasteiger partial charge on any atom is 0.153 e. The molecular weight excluding hydrogens is 190 g/mol. The largest absolute Gasteiger partial charge is 0.375 e. The molecule has 0 aliphatic rings. The third-order valence-corrected chi connectivity index (χ3v) is 3.00. The molecule has 0 aromatic rings. The Kier molecular flexibility index (Phi) is 4.88. The molecule has 80 valence electrons. The van der Waals surface area contributed by atoms with Crippen molar-refractivity contribution in [3.05, 3.63) is 0 Å². The van der Waals surface area contributed by atoms with E-state index in [1.54, 1.807) is 0 Å². The highest BCUT2D eigenvalue weighted by Gasteiger charge is 2.13. The fourth-order valence-electron chi connectivity index (χ4n) is 0.756. The summed E-state index contributed by atoms with van der Waals surface area (Å²) in [5.41, 5.74) is 4.87. The van der Waals surface area contributed by atoms with Crippen molar-refractivity contribution in [1.29, 1.82) is 0 Å². The van der Waals surface area contributed by atoms with Crippen LogP contribution in [-0.4, -0.2) is 38.7 Å². The van der Waals surface area contributed by atoms with Crippen molar-refractivity contribution >= 4 is 9.84 Å². The first-order valence-electron chi connectivity index (χ1n) is 4.31. The summed E-state index contributed by atoms with van der Waals surface area (Å²) in [6.07, 6.45) is 0. The highest BCUT2D eigenvalue weighted by Crippen LogP contribution is 2.06. The SMILES string of the molecule is CC(C)(C)OCCS(=O)(=O)CCN. The molecule has 0 aliphatic heterocycles. The minimum absolute atomic E-state index is 0.0422. The first-order valence-corrected chi connectivity index (χ1v) is 6.13. The van der Waals surface area contributed by atoms with Crippen LogP contribution >= 0.6 is 0 Å². The zero-order valence-electron chi connectivity index (χ0n) is 8.54. The van der Waals surface area contributed by atoms with Crippen LogP contribution in [0.25, 0.3) is 0 Å². The van der Waals surface area contributed by atoms with Crippen LogP contribution in [0.5, 0.6) is 0 Å². The van der Waals surface area contributed by atoms with Crippen LogP contribution in [0.4, 0.5) is 0 Å². The van der Waals surface area contributed by atoms with E-state index in [0.29, 0.717) is 0 Å². The number of ether oxygens (including phenoxy) is 1. The molecule has 5 heteroatoms. The monoisotopic (exact) mass is 209 g/mol. The summed E-state index contributed by atoms with van der Waals surface area (Å²) >= 11 is 0. The summed E-state index contributed by atoms with van der Waals surface area (Å²) in [5, 5.41) is 0. The van der Waals surface area contributed by atoms with Gasteiger partial charge in [0, 0.05) is 6.54 Å². The molecule has 0 heterocycles. The maximum atomic E-state index is 11.2. The van der Waals surface area contributed by atoms with E-state index in [-0.39, 0.29) is 30.3 Å². The molecule has 0 aromatic heterocycles. The van der Waals surface area contributed by atoms with Crippen molar-refractivity contribution in [2.45, 2.75) is 26.4 Å². The number of rotatable bonds is 5. The van der Waals surface area contributed by atoms with Crippen LogP contribution < -0.4 is 5.73 Å². The molecule has 0 radical (unpaired) electrons. The topological polar surface area (TPSA) is 69.4 Å². The molecule has 4 nitrogen and oxygen atoms in total. The minimum atomic E-state index is -3.00. The lowest BCUT2D eigenvalue weighted by molar-refractivity contribution is 0.00645. The van der Waals surface area contributed by atoms with Gasteiger partial charge in [0.1, 0.15) is 0 Å². The van der Waals surface area contributed by atoms with Gasteiger partial charge in [-0.3, -0.25) is 0 Å². The van der Waals surface area contributed by atoms with Gasteiger partial charge >= 0.3 is 0 Å². The number of sulfone groups is 1. The van der Waals surface area contributed by atoms with Gasteiger partial charge in [-0.1, -0.05) is 0 Å². The molecule has 0 unspecified atom stereocenters. The fourth-order valence-corrected chi connectivity index (χ4v) is 1.66. The van der Waals surface area contributed by atoms with Crippen molar-refractivity contribution in [3.63, 3.8) is 0 Å². The summed E-state index contributed by atoms with van der Waals surface area (Å²) in [6, 6.07) is 0. The van der Waals surface area contributed by atoms with Crippen LogP contribution in [0.3, 0.4) is 0 Å². The van der Waals surface area contributed by atoms with Gasteiger partial charge in [-0.05, 0) is 20.8 Å². The Hall–Kier alpha value is -0.130. The third kappa shape index (κ3) is 8.21. The van der Waals surface area contributed by atoms with Gasteiger partial charge in [-0.15, -0.1) is 0 Å². The summed E-state index contributed by atoms with van der Waals surface area (Å²) in [5.74, 6) is 0.0992. The zero-order chi connectivity index (χ0) is 10.5. The Morgan fingerprint density at radius 2 is 1.77 bits per heavy atom.